The van der Waals surface area contributed by atoms with Gasteiger partial charge in [-0.25, -0.2) is 0 Å². The number of aromatic nitrogens is 2. The lowest BCUT2D eigenvalue weighted by atomic mass is 10.2. The van der Waals surface area contributed by atoms with Gasteiger partial charge in [0.15, 0.2) is 5.82 Å². The SMILES string of the molecule is CNc1nn(C)c2ccc([N+](=O)[O-])cc12. The van der Waals surface area contributed by atoms with Crippen LogP contribution < -0.4 is 5.32 Å². The van der Waals surface area contributed by atoms with Gasteiger partial charge in [0.2, 0.25) is 0 Å². The van der Waals surface area contributed by atoms with Crippen molar-refractivity contribution in [3.8, 4) is 0 Å². The Labute approximate surface area is 85.7 Å². The van der Waals surface area contributed by atoms with E-state index < -0.39 is 4.92 Å². The summed E-state index contributed by atoms with van der Waals surface area (Å²) in [6.45, 7) is 0. The fourth-order valence-electron chi connectivity index (χ4n) is 1.55. The first-order chi connectivity index (χ1) is 7.13. The van der Waals surface area contributed by atoms with E-state index in [9.17, 15) is 10.1 Å². The Morgan fingerprint density at radius 3 is 2.87 bits per heavy atom. The molecule has 0 fully saturated rings. The van der Waals surface area contributed by atoms with E-state index in [0.717, 1.165) is 10.9 Å². The average Bonchev–Trinajstić information content (AvgIpc) is 2.55. The van der Waals surface area contributed by atoms with Gasteiger partial charge in [0.1, 0.15) is 0 Å². The van der Waals surface area contributed by atoms with Crippen molar-refractivity contribution in [3.63, 3.8) is 0 Å². The first-order valence-electron chi connectivity index (χ1n) is 4.42. The smallest absolute Gasteiger partial charge is 0.270 e. The van der Waals surface area contributed by atoms with Crippen LogP contribution in [0.4, 0.5) is 11.5 Å². The fraction of sp³-hybridized carbons (Fsp3) is 0.222. The fourth-order valence-corrected chi connectivity index (χ4v) is 1.55. The maximum atomic E-state index is 10.6. The summed E-state index contributed by atoms with van der Waals surface area (Å²) in [5, 5.41) is 18.5. The van der Waals surface area contributed by atoms with Crippen molar-refractivity contribution < 1.29 is 4.92 Å². The van der Waals surface area contributed by atoms with Gasteiger partial charge in [-0.15, -0.1) is 0 Å². The van der Waals surface area contributed by atoms with Gasteiger partial charge in [0.25, 0.3) is 5.69 Å². The maximum absolute atomic E-state index is 10.6. The monoisotopic (exact) mass is 206 g/mol. The number of rotatable bonds is 2. The number of aryl methyl sites for hydroxylation is 1. The van der Waals surface area contributed by atoms with Crippen molar-refractivity contribution in [1.29, 1.82) is 0 Å². The van der Waals surface area contributed by atoms with Crippen LogP contribution in [-0.4, -0.2) is 21.8 Å². The molecule has 1 heterocycles. The van der Waals surface area contributed by atoms with Gasteiger partial charge in [0.05, 0.1) is 15.8 Å². The molecular formula is C9H10N4O2. The molecule has 0 atom stereocenters. The van der Waals surface area contributed by atoms with Crippen molar-refractivity contribution in [1.82, 2.24) is 9.78 Å². The van der Waals surface area contributed by atoms with E-state index in [1.807, 2.05) is 0 Å². The highest BCUT2D eigenvalue weighted by molar-refractivity contribution is 5.91. The van der Waals surface area contributed by atoms with E-state index in [1.165, 1.54) is 12.1 Å². The number of nitro benzene ring substituents is 1. The molecule has 0 unspecified atom stereocenters. The van der Waals surface area contributed by atoms with Crippen LogP contribution in [-0.2, 0) is 7.05 Å². The van der Waals surface area contributed by atoms with Gasteiger partial charge >= 0.3 is 0 Å². The number of fused-ring (bicyclic) bond motifs is 1. The van der Waals surface area contributed by atoms with E-state index in [4.69, 9.17) is 0 Å². The Hall–Kier alpha value is -2.11. The summed E-state index contributed by atoms with van der Waals surface area (Å²) >= 11 is 0. The van der Waals surface area contributed by atoms with Crippen molar-refractivity contribution in [3.05, 3.63) is 28.3 Å². The highest BCUT2D eigenvalue weighted by Gasteiger charge is 2.12. The largest absolute Gasteiger partial charge is 0.371 e. The van der Waals surface area contributed by atoms with E-state index in [1.54, 1.807) is 24.8 Å². The zero-order valence-electron chi connectivity index (χ0n) is 8.39. The molecule has 0 saturated carbocycles. The van der Waals surface area contributed by atoms with Crippen LogP contribution in [0.3, 0.4) is 0 Å². The molecule has 0 aliphatic carbocycles. The Morgan fingerprint density at radius 2 is 2.27 bits per heavy atom. The minimum atomic E-state index is -0.411. The standard InChI is InChI=1S/C9H10N4O2/c1-10-9-7-5-6(13(14)15)3-4-8(7)12(2)11-9/h3-5H,1-2H3,(H,10,11). The van der Waals surface area contributed by atoms with Crippen molar-refractivity contribution >= 4 is 22.4 Å². The Kier molecular flexibility index (Phi) is 2.03. The third kappa shape index (κ3) is 1.39. The molecule has 2 aromatic rings. The minimum absolute atomic E-state index is 0.0759. The molecule has 6 heteroatoms. The molecule has 6 nitrogen and oxygen atoms in total. The molecular weight excluding hydrogens is 196 g/mol. The predicted molar refractivity (Wildman–Crippen MR) is 56.9 cm³/mol. The average molecular weight is 206 g/mol. The second-order valence-electron chi connectivity index (χ2n) is 3.18. The number of non-ortho nitro benzene ring substituents is 1. The minimum Gasteiger partial charge on any atom is -0.371 e. The third-order valence-electron chi connectivity index (χ3n) is 2.28. The lowest BCUT2D eigenvalue weighted by Gasteiger charge is -1.94. The van der Waals surface area contributed by atoms with Crippen LogP contribution in [0, 0.1) is 10.1 Å². The molecule has 0 aliphatic rings. The zero-order valence-corrected chi connectivity index (χ0v) is 8.39. The normalized spacial score (nSPS) is 10.5. The summed E-state index contributed by atoms with van der Waals surface area (Å²) in [6.07, 6.45) is 0. The summed E-state index contributed by atoms with van der Waals surface area (Å²) in [6, 6.07) is 4.69. The van der Waals surface area contributed by atoms with E-state index in [2.05, 4.69) is 10.4 Å². The molecule has 0 aliphatic heterocycles. The molecule has 78 valence electrons. The van der Waals surface area contributed by atoms with E-state index in [0.29, 0.717) is 5.82 Å². The summed E-state index contributed by atoms with van der Waals surface area (Å²) in [7, 11) is 3.54. The molecule has 15 heavy (non-hydrogen) atoms. The summed E-state index contributed by atoms with van der Waals surface area (Å²) in [5.41, 5.74) is 0.942. The molecule has 0 spiro atoms. The maximum Gasteiger partial charge on any atom is 0.270 e. The number of nitro groups is 1. The van der Waals surface area contributed by atoms with Crippen LogP contribution in [0.25, 0.3) is 10.9 Å². The van der Waals surface area contributed by atoms with Gasteiger partial charge in [0, 0.05) is 26.2 Å². The van der Waals surface area contributed by atoms with Crippen LogP contribution >= 0.6 is 0 Å². The van der Waals surface area contributed by atoms with Gasteiger partial charge in [-0.05, 0) is 6.07 Å². The molecule has 0 bridgehead atoms. The van der Waals surface area contributed by atoms with Crippen LogP contribution in [0.1, 0.15) is 0 Å². The number of anilines is 1. The summed E-state index contributed by atoms with van der Waals surface area (Å²) in [5.74, 6) is 0.649. The molecule has 2 rings (SSSR count). The second-order valence-corrected chi connectivity index (χ2v) is 3.18. The highest BCUT2D eigenvalue weighted by atomic mass is 16.6. The molecule has 1 aromatic heterocycles. The van der Waals surface area contributed by atoms with E-state index >= 15 is 0 Å². The van der Waals surface area contributed by atoms with Crippen molar-refractivity contribution in [2.75, 3.05) is 12.4 Å². The molecule has 0 radical (unpaired) electrons. The molecule has 1 N–H and O–H groups in total. The van der Waals surface area contributed by atoms with Crippen LogP contribution in [0.5, 0.6) is 0 Å². The Balaban J connectivity index is 2.73. The number of nitrogens with one attached hydrogen (secondary N) is 1. The quantitative estimate of drug-likeness (QED) is 0.597. The summed E-state index contributed by atoms with van der Waals surface area (Å²) in [4.78, 5) is 10.2. The van der Waals surface area contributed by atoms with Crippen molar-refractivity contribution in [2.24, 2.45) is 7.05 Å². The van der Waals surface area contributed by atoms with Crippen molar-refractivity contribution in [2.45, 2.75) is 0 Å². The zero-order chi connectivity index (χ0) is 11.0. The van der Waals surface area contributed by atoms with Gasteiger partial charge in [-0.1, -0.05) is 0 Å². The highest BCUT2D eigenvalue weighted by Crippen LogP contribution is 2.26. The van der Waals surface area contributed by atoms with Gasteiger partial charge in [-0.2, -0.15) is 5.10 Å². The van der Waals surface area contributed by atoms with E-state index in [-0.39, 0.29) is 5.69 Å². The summed E-state index contributed by atoms with van der Waals surface area (Å²) < 4.78 is 1.69. The number of hydrogen-bond donors (Lipinski definition) is 1. The Morgan fingerprint density at radius 1 is 1.53 bits per heavy atom. The van der Waals surface area contributed by atoms with Crippen LogP contribution in [0.2, 0.25) is 0 Å². The molecule has 0 saturated heterocycles. The topological polar surface area (TPSA) is 73.0 Å². The third-order valence-corrected chi connectivity index (χ3v) is 2.28. The predicted octanol–water partition coefficient (Wildman–Crippen LogP) is 1.52. The van der Waals surface area contributed by atoms with Gasteiger partial charge in [-0.3, -0.25) is 14.8 Å². The Bertz CT molecular complexity index is 532. The molecule has 1 aromatic carbocycles. The first kappa shape index (κ1) is 9.45. The van der Waals surface area contributed by atoms with Gasteiger partial charge < -0.3 is 5.32 Å². The second kappa shape index (κ2) is 3.23. The molecule has 0 amide bonds. The lowest BCUT2D eigenvalue weighted by molar-refractivity contribution is -0.384. The lowest BCUT2D eigenvalue weighted by Crippen LogP contribution is -1.92. The van der Waals surface area contributed by atoms with Crippen LogP contribution in [0.15, 0.2) is 18.2 Å². The number of nitrogens with zero attached hydrogens (tertiary/aromatic N) is 3. The number of benzene rings is 1. The first-order valence-corrected chi connectivity index (χ1v) is 4.42. The number of hydrogen-bond acceptors (Lipinski definition) is 4.